The first-order valence-corrected chi connectivity index (χ1v) is 4.45. The molecule has 8 heteroatoms. The normalized spacial score (nSPS) is 10.1. The highest BCUT2D eigenvalue weighted by Gasteiger charge is 2.18. The third kappa shape index (κ3) is 1.95. The van der Waals surface area contributed by atoms with Gasteiger partial charge in [0, 0.05) is 18.5 Å². The minimum atomic E-state index is -1.29. The van der Waals surface area contributed by atoms with Crippen LogP contribution in [0.5, 0.6) is 0 Å². The summed E-state index contributed by atoms with van der Waals surface area (Å²) in [5.41, 5.74) is -0.622. The van der Waals surface area contributed by atoms with Crippen molar-refractivity contribution in [2.24, 2.45) is 0 Å². The van der Waals surface area contributed by atoms with Gasteiger partial charge in [-0.1, -0.05) is 0 Å². The molecule has 2 aromatic heterocycles. The topological polar surface area (TPSA) is 111 Å². The number of carbonyl (C=O) groups is 1. The Bertz CT molecular complexity index is 579. The van der Waals surface area contributed by atoms with Crippen molar-refractivity contribution in [3.63, 3.8) is 0 Å². The van der Waals surface area contributed by atoms with Gasteiger partial charge in [0.1, 0.15) is 18.1 Å². The van der Waals surface area contributed by atoms with Gasteiger partial charge in [0.2, 0.25) is 0 Å². The Balaban J connectivity index is 2.61. The van der Waals surface area contributed by atoms with Crippen LogP contribution in [0.4, 0.5) is 5.69 Å². The number of aromatic nitrogens is 3. The molecule has 8 nitrogen and oxygen atoms in total. The number of pyridine rings is 1. The Hall–Kier alpha value is -2.77. The largest absolute Gasteiger partial charge is 0.478 e. The molecule has 0 saturated heterocycles. The Morgan fingerprint density at radius 1 is 1.53 bits per heavy atom. The second kappa shape index (κ2) is 4.00. The zero-order valence-corrected chi connectivity index (χ0v) is 8.35. The third-order valence-corrected chi connectivity index (χ3v) is 2.04. The van der Waals surface area contributed by atoms with E-state index in [0.717, 1.165) is 12.3 Å². The summed E-state index contributed by atoms with van der Waals surface area (Å²) in [7, 11) is 0. The van der Waals surface area contributed by atoms with Crippen molar-refractivity contribution in [2.75, 3.05) is 0 Å². The van der Waals surface area contributed by atoms with E-state index in [0.29, 0.717) is 0 Å². The SMILES string of the molecule is O=C(O)c1cc([N+](=O)[O-])cnc1-n1ccnc1. The van der Waals surface area contributed by atoms with Crippen molar-refractivity contribution < 1.29 is 14.8 Å². The lowest BCUT2D eigenvalue weighted by atomic mass is 10.2. The van der Waals surface area contributed by atoms with Crippen molar-refractivity contribution in [3.05, 3.63) is 46.7 Å². The molecule has 0 aliphatic rings. The molecule has 0 unspecified atom stereocenters. The first-order chi connectivity index (χ1) is 8.09. The maximum Gasteiger partial charge on any atom is 0.339 e. The van der Waals surface area contributed by atoms with Crippen LogP contribution in [0.25, 0.3) is 5.82 Å². The number of carboxylic acids is 1. The highest BCUT2D eigenvalue weighted by Crippen LogP contribution is 2.18. The number of hydrogen-bond acceptors (Lipinski definition) is 5. The number of carboxylic acid groups (broad SMARTS) is 1. The Kier molecular flexibility index (Phi) is 2.53. The van der Waals surface area contributed by atoms with Crippen molar-refractivity contribution >= 4 is 11.7 Å². The number of hydrogen-bond donors (Lipinski definition) is 1. The van der Waals surface area contributed by atoms with E-state index in [-0.39, 0.29) is 17.1 Å². The molecule has 0 saturated carbocycles. The molecule has 2 rings (SSSR count). The van der Waals surface area contributed by atoms with Gasteiger partial charge in [-0.25, -0.2) is 14.8 Å². The molecule has 0 bridgehead atoms. The fourth-order valence-electron chi connectivity index (χ4n) is 1.29. The molecule has 17 heavy (non-hydrogen) atoms. The van der Waals surface area contributed by atoms with E-state index in [2.05, 4.69) is 9.97 Å². The van der Waals surface area contributed by atoms with Gasteiger partial charge in [-0.15, -0.1) is 0 Å². The standard InChI is InChI=1S/C9H6N4O4/c14-9(15)7-3-6(13(16)17)4-11-8(7)12-2-1-10-5-12/h1-5H,(H,14,15). The van der Waals surface area contributed by atoms with Crippen molar-refractivity contribution in [1.29, 1.82) is 0 Å². The van der Waals surface area contributed by atoms with E-state index in [1.54, 1.807) is 0 Å². The van der Waals surface area contributed by atoms with Crippen LogP contribution >= 0.6 is 0 Å². The van der Waals surface area contributed by atoms with E-state index >= 15 is 0 Å². The summed E-state index contributed by atoms with van der Waals surface area (Å²) in [6, 6.07) is 0.963. The van der Waals surface area contributed by atoms with Gasteiger partial charge in [-0.2, -0.15) is 0 Å². The molecule has 0 atom stereocenters. The molecule has 0 fully saturated rings. The first kappa shape index (κ1) is 10.7. The van der Waals surface area contributed by atoms with Crippen LogP contribution in [0.1, 0.15) is 10.4 Å². The van der Waals surface area contributed by atoms with Crippen LogP contribution in [0, 0.1) is 10.1 Å². The predicted octanol–water partition coefficient (Wildman–Crippen LogP) is 0.874. The second-order valence-corrected chi connectivity index (χ2v) is 3.10. The van der Waals surface area contributed by atoms with Gasteiger partial charge >= 0.3 is 5.97 Å². The lowest BCUT2D eigenvalue weighted by Crippen LogP contribution is -2.07. The summed E-state index contributed by atoms with van der Waals surface area (Å²) in [5.74, 6) is -1.20. The van der Waals surface area contributed by atoms with Gasteiger partial charge in [-0.05, 0) is 0 Å². The molecule has 0 aromatic carbocycles. The molecular formula is C9H6N4O4. The summed E-state index contributed by atoms with van der Waals surface area (Å²) in [6.45, 7) is 0. The molecular weight excluding hydrogens is 228 g/mol. The Labute approximate surface area is 94.3 Å². The monoisotopic (exact) mass is 234 g/mol. The lowest BCUT2D eigenvalue weighted by molar-refractivity contribution is -0.385. The summed E-state index contributed by atoms with van der Waals surface area (Å²) in [6.07, 6.45) is 5.32. The maximum atomic E-state index is 11.0. The van der Waals surface area contributed by atoms with E-state index in [1.807, 2.05) is 0 Å². The number of imidazole rings is 1. The quantitative estimate of drug-likeness (QED) is 0.623. The smallest absolute Gasteiger partial charge is 0.339 e. The molecule has 0 spiro atoms. The molecule has 86 valence electrons. The highest BCUT2D eigenvalue weighted by atomic mass is 16.6. The summed E-state index contributed by atoms with van der Waals surface area (Å²) >= 11 is 0. The summed E-state index contributed by atoms with van der Waals surface area (Å²) in [4.78, 5) is 28.3. The van der Waals surface area contributed by atoms with Crippen LogP contribution in [0.15, 0.2) is 31.0 Å². The highest BCUT2D eigenvalue weighted by molar-refractivity contribution is 5.91. The van der Waals surface area contributed by atoms with Crippen molar-refractivity contribution in [2.45, 2.75) is 0 Å². The van der Waals surface area contributed by atoms with Gasteiger partial charge in [0.05, 0.1) is 4.92 Å². The Morgan fingerprint density at radius 3 is 2.82 bits per heavy atom. The molecule has 0 radical (unpaired) electrons. The average Bonchev–Trinajstić information content (AvgIpc) is 2.81. The predicted molar refractivity (Wildman–Crippen MR) is 55.0 cm³/mol. The number of aromatic carboxylic acids is 1. The maximum absolute atomic E-state index is 11.0. The van der Waals surface area contributed by atoms with Crippen LogP contribution in [-0.4, -0.2) is 30.5 Å². The van der Waals surface area contributed by atoms with Crippen LogP contribution in [0.2, 0.25) is 0 Å². The van der Waals surface area contributed by atoms with E-state index in [4.69, 9.17) is 5.11 Å². The molecule has 2 heterocycles. The minimum absolute atomic E-state index is 0.0839. The molecule has 0 aliphatic heterocycles. The average molecular weight is 234 g/mol. The molecule has 0 amide bonds. The third-order valence-electron chi connectivity index (χ3n) is 2.04. The van der Waals surface area contributed by atoms with E-state index in [9.17, 15) is 14.9 Å². The van der Waals surface area contributed by atoms with E-state index in [1.165, 1.54) is 23.3 Å². The lowest BCUT2D eigenvalue weighted by Gasteiger charge is -2.04. The van der Waals surface area contributed by atoms with Crippen LogP contribution in [0.3, 0.4) is 0 Å². The molecule has 2 aromatic rings. The summed E-state index contributed by atoms with van der Waals surface area (Å²) < 4.78 is 1.37. The summed E-state index contributed by atoms with van der Waals surface area (Å²) in [5, 5.41) is 19.5. The Morgan fingerprint density at radius 2 is 2.29 bits per heavy atom. The first-order valence-electron chi connectivity index (χ1n) is 4.45. The number of nitrogens with zero attached hydrogens (tertiary/aromatic N) is 4. The zero-order valence-electron chi connectivity index (χ0n) is 8.35. The molecule has 1 N–H and O–H groups in total. The van der Waals surface area contributed by atoms with Crippen molar-refractivity contribution in [3.8, 4) is 5.82 Å². The fourth-order valence-corrected chi connectivity index (χ4v) is 1.29. The second-order valence-electron chi connectivity index (χ2n) is 3.10. The van der Waals surface area contributed by atoms with Gasteiger partial charge in [-0.3, -0.25) is 14.7 Å². The fraction of sp³-hybridized carbons (Fsp3) is 0. The number of rotatable bonds is 3. The van der Waals surface area contributed by atoms with Gasteiger partial charge in [0.15, 0.2) is 5.82 Å². The number of nitro groups is 1. The van der Waals surface area contributed by atoms with Gasteiger partial charge in [0.25, 0.3) is 5.69 Å². The van der Waals surface area contributed by atoms with Crippen LogP contribution < -0.4 is 0 Å². The van der Waals surface area contributed by atoms with E-state index < -0.39 is 10.9 Å². The van der Waals surface area contributed by atoms with Crippen LogP contribution in [-0.2, 0) is 0 Å². The minimum Gasteiger partial charge on any atom is -0.478 e. The zero-order chi connectivity index (χ0) is 12.4. The molecule has 0 aliphatic carbocycles. The van der Waals surface area contributed by atoms with Crippen molar-refractivity contribution in [1.82, 2.24) is 14.5 Å². The van der Waals surface area contributed by atoms with Gasteiger partial charge < -0.3 is 5.11 Å².